The molecule has 0 unspecified atom stereocenters. The van der Waals surface area contributed by atoms with Gasteiger partial charge in [0.15, 0.2) is 0 Å². The second-order valence-corrected chi connectivity index (χ2v) is 6.65. The molecule has 0 saturated heterocycles. The van der Waals surface area contributed by atoms with E-state index in [-0.39, 0.29) is 5.91 Å². The first-order chi connectivity index (χ1) is 13.0. The summed E-state index contributed by atoms with van der Waals surface area (Å²) in [5, 5.41) is 3.75. The van der Waals surface area contributed by atoms with Gasteiger partial charge < -0.3 is 10.2 Å². The monoisotopic (exact) mass is 381 g/mol. The number of anilines is 2. The molecule has 3 aromatic rings. The van der Waals surface area contributed by atoms with Gasteiger partial charge in [-0.3, -0.25) is 9.78 Å². The van der Waals surface area contributed by atoms with Gasteiger partial charge in [-0.25, -0.2) is 9.97 Å². The highest BCUT2D eigenvalue weighted by Crippen LogP contribution is 2.22. The van der Waals surface area contributed by atoms with E-state index in [2.05, 4.69) is 20.3 Å². The molecule has 1 amide bonds. The maximum absolute atomic E-state index is 12.5. The van der Waals surface area contributed by atoms with Crippen molar-refractivity contribution in [3.63, 3.8) is 0 Å². The molecule has 0 atom stereocenters. The van der Waals surface area contributed by atoms with Crippen LogP contribution in [0.3, 0.4) is 0 Å². The van der Waals surface area contributed by atoms with E-state index in [1.54, 1.807) is 24.3 Å². The van der Waals surface area contributed by atoms with Gasteiger partial charge in [-0.1, -0.05) is 17.7 Å². The molecule has 138 valence electrons. The molecule has 0 spiro atoms. The van der Waals surface area contributed by atoms with Crippen LogP contribution in [0.15, 0.2) is 55.1 Å². The minimum atomic E-state index is -0.116. The summed E-state index contributed by atoms with van der Waals surface area (Å²) in [4.78, 5) is 26.7. The van der Waals surface area contributed by atoms with E-state index in [0.717, 1.165) is 23.2 Å². The molecule has 2 heterocycles. The average Bonchev–Trinajstić information content (AvgIpc) is 2.70. The number of amides is 1. The Kier molecular flexibility index (Phi) is 5.98. The van der Waals surface area contributed by atoms with Crippen molar-refractivity contribution in [2.75, 3.05) is 18.9 Å². The van der Waals surface area contributed by atoms with Crippen LogP contribution >= 0.6 is 11.6 Å². The number of hydrogen-bond donors (Lipinski definition) is 1. The van der Waals surface area contributed by atoms with Gasteiger partial charge in [-0.15, -0.1) is 0 Å². The number of pyridine rings is 1. The number of likely N-dealkylation sites (N-methyl/N-ethyl adjacent to an activating group) is 1. The zero-order valence-electron chi connectivity index (χ0n) is 15.2. The van der Waals surface area contributed by atoms with Crippen LogP contribution in [0.4, 0.5) is 11.6 Å². The van der Waals surface area contributed by atoms with Crippen molar-refractivity contribution in [1.82, 2.24) is 19.9 Å². The molecule has 0 saturated carbocycles. The topological polar surface area (TPSA) is 71.0 Å². The van der Waals surface area contributed by atoms with Gasteiger partial charge in [0.2, 0.25) is 5.95 Å². The molecule has 0 aliphatic carbocycles. The van der Waals surface area contributed by atoms with Crippen molar-refractivity contribution in [1.29, 1.82) is 0 Å². The molecule has 0 aliphatic rings. The number of carbonyl (C=O) groups excluding carboxylic acids is 1. The average molecular weight is 382 g/mol. The molecule has 27 heavy (non-hydrogen) atoms. The first-order valence-corrected chi connectivity index (χ1v) is 8.90. The molecule has 0 radical (unpaired) electrons. The molecular weight excluding hydrogens is 362 g/mol. The summed E-state index contributed by atoms with van der Waals surface area (Å²) in [7, 11) is 1.77. The Hall–Kier alpha value is -2.99. The number of aryl methyl sites for hydroxylation is 1. The molecule has 0 aliphatic heterocycles. The molecule has 1 N–H and O–H groups in total. The number of aromatic nitrogens is 3. The third-order valence-electron chi connectivity index (χ3n) is 4.18. The summed E-state index contributed by atoms with van der Waals surface area (Å²) in [5.74, 6) is 0.297. The number of carbonyl (C=O) groups is 1. The Morgan fingerprint density at radius 3 is 2.56 bits per heavy atom. The maximum atomic E-state index is 12.5. The Bertz CT molecular complexity index is 915. The molecule has 6 nitrogen and oxygen atoms in total. The first kappa shape index (κ1) is 18.8. The van der Waals surface area contributed by atoms with E-state index in [4.69, 9.17) is 11.6 Å². The SMILES string of the molecule is Cc1ccc(Cl)cc1Nc1ncc(C(=O)N(C)CCc2ccncc2)cn1. The second-order valence-electron chi connectivity index (χ2n) is 6.21. The van der Waals surface area contributed by atoms with Crippen LogP contribution < -0.4 is 5.32 Å². The van der Waals surface area contributed by atoms with Gasteiger partial charge in [0.05, 0.1) is 5.56 Å². The fraction of sp³-hybridized carbons (Fsp3) is 0.200. The number of hydrogen-bond acceptors (Lipinski definition) is 5. The van der Waals surface area contributed by atoms with Crippen LogP contribution in [0.1, 0.15) is 21.5 Å². The Balaban J connectivity index is 1.62. The van der Waals surface area contributed by atoms with Crippen LogP contribution in [0.25, 0.3) is 0 Å². The standard InChI is InChI=1S/C20H20ClN5O/c1-14-3-4-17(21)11-18(14)25-20-23-12-16(13-24-20)19(27)26(2)10-7-15-5-8-22-9-6-15/h3-6,8-9,11-13H,7,10H2,1-2H3,(H,23,24,25). The van der Waals surface area contributed by atoms with E-state index in [0.29, 0.717) is 23.1 Å². The van der Waals surface area contributed by atoms with Gasteiger partial charge in [-0.05, 0) is 48.7 Å². The predicted molar refractivity (Wildman–Crippen MR) is 106 cm³/mol. The van der Waals surface area contributed by atoms with Crippen LogP contribution in [0.5, 0.6) is 0 Å². The molecule has 0 bridgehead atoms. The molecule has 7 heteroatoms. The van der Waals surface area contributed by atoms with Crippen molar-refractivity contribution >= 4 is 29.1 Å². The lowest BCUT2D eigenvalue weighted by atomic mass is 10.2. The molecule has 2 aromatic heterocycles. The fourth-order valence-corrected chi connectivity index (χ4v) is 2.69. The highest BCUT2D eigenvalue weighted by atomic mass is 35.5. The smallest absolute Gasteiger partial charge is 0.256 e. The van der Waals surface area contributed by atoms with Crippen molar-refractivity contribution in [3.05, 3.63) is 76.8 Å². The zero-order chi connectivity index (χ0) is 19.2. The van der Waals surface area contributed by atoms with Crippen LogP contribution in [-0.2, 0) is 6.42 Å². The number of benzene rings is 1. The van der Waals surface area contributed by atoms with Crippen LogP contribution in [0, 0.1) is 6.92 Å². The van der Waals surface area contributed by atoms with E-state index in [1.165, 1.54) is 12.4 Å². The van der Waals surface area contributed by atoms with E-state index >= 15 is 0 Å². The van der Waals surface area contributed by atoms with Gasteiger partial charge in [0.1, 0.15) is 0 Å². The summed E-state index contributed by atoms with van der Waals surface area (Å²) in [6.07, 6.45) is 7.32. The third-order valence-corrected chi connectivity index (χ3v) is 4.41. The Labute approximate surface area is 163 Å². The van der Waals surface area contributed by atoms with Gasteiger partial charge in [0.25, 0.3) is 5.91 Å². The fourth-order valence-electron chi connectivity index (χ4n) is 2.52. The highest BCUT2D eigenvalue weighted by Gasteiger charge is 2.13. The van der Waals surface area contributed by atoms with Gasteiger partial charge in [0, 0.05) is 49.1 Å². The van der Waals surface area contributed by atoms with Crippen molar-refractivity contribution in [2.45, 2.75) is 13.3 Å². The molecule has 3 rings (SSSR count). The van der Waals surface area contributed by atoms with E-state index in [1.807, 2.05) is 37.3 Å². The zero-order valence-corrected chi connectivity index (χ0v) is 15.9. The van der Waals surface area contributed by atoms with Crippen molar-refractivity contribution < 1.29 is 4.79 Å². The summed E-state index contributed by atoms with van der Waals surface area (Å²) in [6, 6.07) is 9.44. The van der Waals surface area contributed by atoms with Crippen molar-refractivity contribution in [2.24, 2.45) is 0 Å². The minimum absolute atomic E-state index is 0.116. The minimum Gasteiger partial charge on any atom is -0.341 e. The highest BCUT2D eigenvalue weighted by molar-refractivity contribution is 6.30. The second kappa shape index (κ2) is 8.60. The third kappa shape index (κ3) is 5.01. The lowest BCUT2D eigenvalue weighted by molar-refractivity contribution is 0.0796. The maximum Gasteiger partial charge on any atom is 0.256 e. The number of rotatable bonds is 6. The Morgan fingerprint density at radius 1 is 1.15 bits per heavy atom. The molecule has 0 fully saturated rings. The largest absolute Gasteiger partial charge is 0.341 e. The van der Waals surface area contributed by atoms with Gasteiger partial charge >= 0.3 is 0 Å². The number of halogens is 1. The lowest BCUT2D eigenvalue weighted by Crippen LogP contribution is -2.29. The first-order valence-electron chi connectivity index (χ1n) is 8.52. The van der Waals surface area contributed by atoms with Crippen LogP contribution in [0.2, 0.25) is 5.02 Å². The quantitative estimate of drug-likeness (QED) is 0.701. The number of nitrogens with one attached hydrogen (secondary N) is 1. The lowest BCUT2D eigenvalue weighted by Gasteiger charge is -2.17. The summed E-state index contributed by atoms with van der Waals surface area (Å²) < 4.78 is 0. The summed E-state index contributed by atoms with van der Waals surface area (Å²) in [5.41, 5.74) is 3.44. The normalized spacial score (nSPS) is 10.5. The van der Waals surface area contributed by atoms with E-state index < -0.39 is 0 Å². The molecule has 1 aromatic carbocycles. The summed E-state index contributed by atoms with van der Waals surface area (Å²) >= 11 is 6.02. The summed E-state index contributed by atoms with van der Waals surface area (Å²) in [6.45, 7) is 2.57. The predicted octanol–water partition coefficient (Wildman–Crippen LogP) is 3.89. The molecular formula is C20H20ClN5O. The number of nitrogens with zero attached hydrogens (tertiary/aromatic N) is 4. The van der Waals surface area contributed by atoms with Crippen molar-refractivity contribution in [3.8, 4) is 0 Å². The van der Waals surface area contributed by atoms with Crippen LogP contribution in [-0.4, -0.2) is 39.4 Å². The van der Waals surface area contributed by atoms with E-state index in [9.17, 15) is 4.79 Å². The Morgan fingerprint density at radius 2 is 1.85 bits per heavy atom. The van der Waals surface area contributed by atoms with Gasteiger partial charge in [-0.2, -0.15) is 0 Å².